The zero-order valence-electron chi connectivity index (χ0n) is 14.7. The first-order valence-corrected chi connectivity index (χ1v) is 9.29. The van der Waals surface area contributed by atoms with Crippen LogP contribution in [0.25, 0.3) is 0 Å². The third-order valence-electron chi connectivity index (χ3n) is 4.45. The molecule has 1 aliphatic rings. The van der Waals surface area contributed by atoms with E-state index in [0.717, 1.165) is 24.5 Å². The zero-order valence-corrected chi connectivity index (χ0v) is 14.7. The van der Waals surface area contributed by atoms with Gasteiger partial charge in [0.15, 0.2) is 0 Å². The summed E-state index contributed by atoms with van der Waals surface area (Å²) < 4.78 is 1.75. The molecule has 2 rings (SSSR count). The fraction of sp³-hybridized carbons (Fsp3) is 0.778. The Labute approximate surface area is 140 Å². The number of aromatic nitrogens is 2. The molecule has 5 heteroatoms. The highest BCUT2D eigenvalue weighted by molar-refractivity contribution is 5.88. The normalized spacial score (nSPS) is 14.0. The summed E-state index contributed by atoms with van der Waals surface area (Å²) in [6, 6.07) is 1.87. The Morgan fingerprint density at radius 2 is 1.83 bits per heavy atom. The van der Waals surface area contributed by atoms with Gasteiger partial charge in [-0.05, 0) is 19.3 Å². The van der Waals surface area contributed by atoms with Crippen molar-refractivity contribution in [3.63, 3.8) is 0 Å². The van der Waals surface area contributed by atoms with Crippen molar-refractivity contribution in [1.29, 1.82) is 0 Å². The van der Waals surface area contributed by atoms with Crippen LogP contribution in [0.15, 0.2) is 6.07 Å². The molecule has 2 N–H and O–H groups in total. The van der Waals surface area contributed by atoms with Crippen LogP contribution in [-0.4, -0.2) is 22.4 Å². The van der Waals surface area contributed by atoms with Gasteiger partial charge in [0.2, 0.25) is 0 Å². The second-order valence-electron chi connectivity index (χ2n) is 6.71. The third-order valence-corrected chi connectivity index (χ3v) is 4.45. The van der Waals surface area contributed by atoms with E-state index in [0.29, 0.717) is 5.92 Å². The average molecular weight is 320 g/mol. The summed E-state index contributed by atoms with van der Waals surface area (Å²) >= 11 is 0. The van der Waals surface area contributed by atoms with E-state index in [-0.39, 0.29) is 6.03 Å². The number of carbonyl (C=O) groups is 1. The number of unbranched alkanes of at least 4 members (excludes halogenated alkanes) is 7. The van der Waals surface area contributed by atoms with Gasteiger partial charge in [0.05, 0.1) is 5.69 Å². The highest BCUT2D eigenvalue weighted by Gasteiger charge is 2.27. The number of carbonyl (C=O) groups excluding carboxylic acids is 1. The Hall–Kier alpha value is -1.52. The Morgan fingerprint density at radius 1 is 1.17 bits per heavy atom. The SMILES string of the molecule is CCCCCCCCCCNC(=O)Nc1cc(C2CC2)nn1C. The van der Waals surface area contributed by atoms with Gasteiger partial charge in [-0.1, -0.05) is 51.9 Å². The molecule has 0 atom stereocenters. The first kappa shape index (κ1) is 17.8. The van der Waals surface area contributed by atoms with Crippen LogP contribution in [0, 0.1) is 0 Å². The molecule has 1 aromatic rings. The molecule has 0 spiro atoms. The van der Waals surface area contributed by atoms with E-state index in [1.165, 1.54) is 57.8 Å². The van der Waals surface area contributed by atoms with Gasteiger partial charge in [0.25, 0.3) is 0 Å². The molecule has 0 aromatic carbocycles. The van der Waals surface area contributed by atoms with E-state index < -0.39 is 0 Å². The molecule has 0 saturated heterocycles. The highest BCUT2D eigenvalue weighted by atomic mass is 16.2. The van der Waals surface area contributed by atoms with E-state index in [2.05, 4.69) is 22.7 Å². The average Bonchev–Trinajstić information content (AvgIpc) is 3.31. The molecule has 23 heavy (non-hydrogen) atoms. The summed E-state index contributed by atoms with van der Waals surface area (Å²) in [6.45, 7) is 2.99. The molecule has 1 aromatic heterocycles. The van der Waals surface area contributed by atoms with Crippen LogP contribution in [0.1, 0.15) is 82.7 Å². The molecule has 5 nitrogen and oxygen atoms in total. The minimum absolute atomic E-state index is 0.127. The predicted octanol–water partition coefficient (Wildman–Crippen LogP) is 4.56. The molecule has 1 heterocycles. The fourth-order valence-corrected chi connectivity index (χ4v) is 2.81. The van der Waals surface area contributed by atoms with Gasteiger partial charge >= 0.3 is 6.03 Å². The largest absolute Gasteiger partial charge is 0.338 e. The number of hydrogen-bond donors (Lipinski definition) is 2. The van der Waals surface area contributed by atoms with Gasteiger partial charge in [0, 0.05) is 25.6 Å². The number of rotatable bonds is 11. The van der Waals surface area contributed by atoms with Crippen molar-refractivity contribution >= 4 is 11.8 Å². The van der Waals surface area contributed by atoms with Gasteiger partial charge < -0.3 is 5.32 Å². The smallest absolute Gasteiger partial charge is 0.320 e. The van der Waals surface area contributed by atoms with Crippen molar-refractivity contribution < 1.29 is 4.79 Å². The minimum atomic E-state index is -0.127. The van der Waals surface area contributed by atoms with Gasteiger partial charge in [-0.2, -0.15) is 5.10 Å². The molecule has 0 bridgehead atoms. The number of nitrogens with zero attached hydrogens (tertiary/aromatic N) is 2. The number of nitrogens with one attached hydrogen (secondary N) is 2. The second kappa shape index (κ2) is 9.58. The molecule has 0 radical (unpaired) electrons. The summed E-state index contributed by atoms with van der Waals surface area (Å²) in [4.78, 5) is 11.9. The van der Waals surface area contributed by atoms with Crippen molar-refractivity contribution in [3.05, 3.63) is 11.8 Å². The molecule has 0 unspecified atom stereocenters. The molecule has 1 aliphatic carbocycles. The lowest BCUT2D eigenvalue weighted by atomic mass is 10.1. The Bertz CT molecular complexity index is 479. The maximum absolute atomic E-state index is 11.9. The van der Waals surface area contributed by atoms with Crippen LogP contribution in [0.5, 0.6) is 0 Å². The number of amides is 2. The molecule has 1 saturated carbocycles. The third kappa shape index (κ3) is 6.63. The lowest BCUT2D eigenvalue weighted by Crippen LogP contribution is -2.30. The molecular formula is C18H32N4O. The topological polar surface area (TPSA) is 59.0 Å². The lowest BCUT2D eigenvalue weighted by molar-refractivity contribution is 0.251. The summed E-state index contributed by atoms with van der Waals surface area (Å²) in [7, 11) is 1.88. The van der Waals surface area contributed by atoms with Crippen molar-refractivity contribution in [1.82, 2.24) is 15.1 Å². The van der Waals surface area contributed by atoms with Gasteiger partial charge in [-0.15, -0.1) is 0 Å². The van der Waals surface area contributed by atoms with E-state index in [4.69, 9.17) is 0 Å². The second-order valence-corrected chi connectivity index (χ2v) is 6.71. The number of urea groups is 1. The molecule has 0 aliphatic heterocycles. The predicted molar refractivity (Wildman–Crippen MR) is 94.8 cm³/mol. The van der Waals surface area contributed by atoms with Crippen LogP contribution >= 0.6 is 0 Å². The van der Waals surface area contributed by atoms with Crippen molar-refractivity contribution in [2.45, 2.75) is 77.0 Å². The maximum Gasteiger partial charge on any atom is 0.320 e. The molecular weight excluding hydrogens is 288 g/mol. The molecule has 2 amide bonds. The summed E-state index contributed by atoms with van der Waals surface area (Å²) in [5.41, 5.74) is 1.10. The Balaban J connectivity index is 1.52. The number of hydrogen-bond acceptors (Lipinski definition) is 2. The van der Waals surface area contributed by atoms with Crippen LogP contribution < -0.4 is 10.6 Å². The standard InChI is InChI=1S/C18H32N4O/c1-3-4-5-6-7-8-9-10-13-19-18(23)20-17-14-16(15-11-12-15)21-22(17)2/h14-15H,3-13H2,1-2H3,(H2,19,20,23). The maximum atomic E-state index is 11.9. The number of anilines is 1. The van der Waals surface area contributed by atoms with Crippen LogP contribution in [0.3, 0.4) is 0 Å². The first-order valence-electron chi connectivity index (χ1n) is 9.29. The van der Waals surface area contributed by atoms with Gasteiger partial charge in [-0.25, -0.2) is 4.79 Å². The molecule has 1 fully saturated rings. The summed E-state index contributed by atoms with van der Waals surface area (Å²) in [6.07, 6.45) is 12.7. The van der Waals surface area contributed by atoms with E-state index >= 15 is 0 Å². The minimum Gasteiger partial charge on any atom is -0.338 e. The molecule has 130 valence electrons. The quantitative estimate of drug-likeness (QED) is 0.587. The number of aryl methyl sites for hydroxylation is 1. The van der Waals surface area contributed by atoms with Gasteiger partial charge in [0.1, 0.15) is 5.82 Å². The van der Waals surface area contributed by atoms with Crippen molar-refractivity contribution in [3.8, 4) is 0 Å². The monoisotopic (exact) mass is 320 g/mol. The van der Waals surface area contributed by atoms with Gasteiger partial charge in [-0.3, -0.25) is 10.00 Å². The van der Waals surface area contributed by atoms with Crippen LogP contribution in [0.4, 0.5) is 10.6 Å². The van der Waals surface area contributed by atoms with E-state index in [1.807, 2.05) is 13.1 Å². The Morgan fingerprint density at radius 3 is 2.48 bits per heavy atom. The fourth-order valence-electron chi connectivity index (χ4n) is 2.81. The van der Waals surface area contributed by atoms with Crippen LogP contribution in [0.2, 0.25) is 0 Å². The highest BCUT2D eigenvalue weighted by Crippen LogP contribution is 2.39. The summed E-state index contributed by atoms with van der Waals surface area (Å²) in [5, 5.41) is 10.3. The lowest BCUT2D eigenvalue weighted by Gasteiger charge is -2.07. The summed E-state index contributed by atoms with van der Waals surface area (Å²) in [5.74, 6) is 1.39. The Kier molecular flexibility index (Phi) is 7.43. The van der Waals surface area contributed by atoms with Crippen LogP contribution in [-0.2, 0) is 7.05 Å². The van der Waals surface area contributed by atoms with Crippen molar-refractivity contribution in [2.75, 3.05) is 11.9 Å². The van der Waals surface area contributed by atoms with E-state index in [9.17, 15) is 4.79 Å². The van der Waals surface area contributed by atoms with E-state index in [1.54, 1.807) is 4.68 Å². The first-order chi connectivity index (χ1) is 11.2. The zero-order chi connectivity index (χ0) is 16.5. The van der Waals surface area contributed by atoms with Crippen molar-refractivity contribution in [2.24, 2.45) is 7.05 Å².